The van der Waals surface area contributed by atoms with Crippen LogP contribution in [-0.2, 0) is 0 Å². The van der Waals surface area contributed by atoms with Crippen LogP contribution in [0.1, 0.15) is 48.4 Å². The monoisotopic (exact) mass is 451 g/mol. The quantitative estimate of drug-likeness (QED) is 0.668. The van der Waals surface area contributed by atoms with E-state index in [1.165, 1.54) is 0 Å². The van der Waals surface area contributed by atoms with Gasteiger partial charge >= 0.3 is 0 Å². The molecule has 1 aliphatic rings. The fraction of sp³-hybridized carbons (Fsp3) is 0.500. The first-order valence-electron chi connectivity index (χ1n) is 11.8. The molecule has 2 aromatic rings. The van der Waals surface area contributed by atoms with Gasteiger partial charge in [-0.2, -0.15) is 0 Å². The van der Waals surface area contributed by atoms with Crippen molar-refractivity contribution in [3.05, 3.63) is 53.7 Å². The molecule has 0 aliphatic carbocycles. The summed E-state index contributed by atoms with van der Waals surface area (Å²) in [7, 11) is 2.07. The Labute approximate surface area is 197 Å². The van der Waals surface area contributed by atoms with Gasteiger partial charge in [-0.1, -0.05) is 12.1 Å². The third-order valence-corrected chi connectivity index (χ3v) is 6.22. The van der Waals surface area contributed by atoms with Gasteiger partial charge in [-0.15, -0.1) is 0 Å². The Bertz CT molecular complexity index is 926. The Morgan fingerprint density at radius 2 is 1.61 bits per heavy atom. The van der Waals surface area contributed by atoms with E-state index in [9.17, 15) is 9.59 Å². The predicted octanol–water partition coefficient (Wildman–Crippen LogP) is 2.98. The number of carbonyl (C=O) groups excluding carboxylic acids is 2. The Kier molecular flexibility index (Phi) is 8.58. The Morgan fingerprint density at radius 1 is 0.970 bits per heavy atom. The van der Waals surface area contributed by atoms with E-state index in [0.717, 1.165) is 38.3 Å². The van der Waals surface area contributed by atoms with Gasteiger partial charge in [-0.05, 0) is 59.0 Å². The second-order valence-corrected chi connectivity index (χ2v) is 9.28. The van der Waals surface area contributed by atoms with Gasteiger partial charge in [0.25, 0.3) is 11.8 Å². The maximum atomic E-state index is 12.8. The van der Waals surface area contributed by atoms with Crippen molar-refractivity contribution in [2.45, 2.75) is 39.8 Å². The molecule has 2 amide bonds. The highest BCUT2D eigenvalue weighted by Gasteiger charge is 2.20. The van der Waals surface area contributed by atoms with Gasteiger partial charge < -0.3 is 15.1 Å². The summed E-state index contributed by atoms with van der Waals surface area (Å²) in [6, 6.07) is 11.9. The standard InChI is InChI=1S/C26H37N5O2/c1-19(2)31(20(3)4)13-12-28-25(32)23-10-11-27-24(18-23)21-6-8-22(9-7-21)26(33)30-16-14-29(5)15-17-30/h6-11,18-20H,12-17H2,1-5H3,(H,28,32). The average molecular weight is 452 g/mol. The lowest BCUT2D eigenvalue weighted by Gasteiger charge is -2.32. The lowest BCUT2D eigenvalue weighted by molar-refractivity contribution is 0.0664. The van der Waals surface area contributed by atoms with Crippen LogP contribution in [-0.4, -0.2) is 89.9 Å². The SMILES string of the molecule is CC(C)N(CCNC(=O)c1ccnc(-c2ccc(C(=O)N3CCN(C)CC3)cc2)c1)C(C)C. The van der Waals surface area contributed by atoms with Crippen LogP contribution < -0.4 is 5.32 Å². The Morgan fingerprint density at radius 3 is 2.21 bits per heavy atom. The largest absolute Gasteiger partial charge is 0.351 e. The summed E-state index contributed by atoms with van der Waals surface area (Å²) in [5, 5.41) is 3.02. The van der Waals surface area contributed by atoms with Gasteiger partial charge in [0, 0.05) is 74.2 Å². The topological polar surface area (TPSA) is 68.8 Å². The number of pyridine rings is 1. The highest BCUT2D eigenvalue weighted by molar-refractivity contribution is 5.96. The summed E-state index contributed by atoms with van der Waals surface area (Å²) in [4.78, 5) is 36.4. The number of hydrogen-bond donors (Lipinski definition) is 1. The number of piperazine rings is 1. The highest BCUT2D eigenvalue weighted by atomic mass is 16.2. The van der Waals surface area contributed by atoms with Crippen molar-refractivity contribution in [2.24, 2.45) is 0 Å². The van der Waals surface area contributed by atoms with E-state index >= 15 is 0 Å². The Hall–Kier alpha value is -2.77. The summed E-state index contributed by atoms with van der Waals surface area (Å²) < 4.78 is 0. The van der Waals surface area contributed by atoms with E-state index in [-0.39, 0.29) is 11.8 Å². The molecule has 0 atom stereocenters. The first-order valence-corrected chi connectivity index (χ1v) is 11.8. The molecule has 2 heterocycles. The zero-order valence-corrected chi connectivity index (χ0v) is 20.5. The molecule has 1 N–H and O–H groups in total. The van der Waals surface area contributed by atoms with Gasteiger partial charge in [0.05, 0.1) is 5.69 Å². The maximum Gasteiger partial charge on any atom is 0.253 e. The van der Waals surface area contributed by atoms with Gasteiger partial charge in [-0.25, -0.2) is 0 Å². The third-order valence-electron chi connectivity index (χ3n) is 6.22. The van der Waals surface area contributed by atoms with Crippen LogP contribution >= 0.6 is 0 Å². The first kappa shape index (κ1) is 24.9. The molecule has 7 nitrogen and oxygen atoms in total. The molecule has 0 radical (unpaired) electrons. The minimum atomic E-state index is -0.104. The average Bonchev–Trinajstić information content (AvgIpc) is 2.81. The van der Waals surface area contributed by atoms with Gasteiger partial charge in [0.1, 0.15) is 0 Å². The van der Waals surface area contributed by atoms with Gasteiger partial charge in [0.15, 0.2) is 0 Å². The van der Waals surface area contributed by atoms with Crippen molar-refractivity contribution < 1.29 is 9.59 Å². The smallest absolute Gasteiger partial charge is 0.253 e. The lowest BCUT2D eigenvalue weighted by Crippen LogP contribution is -2.47. The zero-order chi connectivity index (χ0) is 24.0. The van der Waals surface area contributed by atoms with E-state index in [1.54, 1.807) is 18.3 Å². The van der Waals surface area contributed by atoms with E-state index < -0.39 is 0 Å². The summed E-state index contributed by atoms with van der Waals surface area (Å²) in [6.07, 6.45) is 1.65. The van der Waals surface area contributed by atoms with Crippen molar-refractivity contribution >= 4 is 11.8 Å². The summed E-state index contributed by atoms with van der Waals surface area (Å²) in [5.74, 6) is -0.0412. The van der Waals surface area contributed by atoms with E-state index in [2.05, 4.69) is 54.8 Å². The molecule has 1 aromatic heterocycles. The fourth-order valence-corrected chi connectivity index (χ4v) is 4.22. The predicted molar refractivity (Wildman–Crippen MR) is 132 cm³/mol. The van der Waals surface area contributed by atoms with Crippen LogP contribution in [0.3, 0.4) is 0 Å². The van der Waals surface area contributed by atoms with Crippen LogP contribution in [0, 0.1) is 0 Å². The molecule has 0 spiro atoms. The van der Waals surface area contributed by atoms with E-state index in [1.807, 2.05) is 29.2 Å². The third kappa shape index (κ3) is 6.62. The molecule has 0 bridgehead atoms. The van der Waals surface area contributed by atoms with Crippen molar-refractivity contribution in [1.82, 2.24) is 25.0 Å². The molecule has 7 heteroatoms. The number of aromatic nitrogens is 1. The highest BCUT2D eigenvalue weighted by Crippen LogP contribution is 2.20. The number of amides is 2. The number of carbonyl (C=O) groups is 2. The minimum Gasteiger partial charge on any atom is -0.351 e. The van der Waals surface area contributed by atoms with Gasteiger partial charge in [-0.3, -0.25) is 19.5 Å². The van der Waals surface area contributed by atoms with Crippen LogP contribution in [0.25, 0.3) is 11.3 Å². The molecule has 1 saturated heterocycles. The molecule has 178 valence electrons. The normalized spacial score (nSPS) is 14.8. The maximum absolute atomic E-state index is 12.8. The Balaban J connectivity index is 1.62. The number of nitrogens with zero attached hydrogens (tertiary/aromatic N) is 4. The number of rotatable bonds is 8. The second-order valence-electron chi connectivity index (χ2n) is 9.28. The fourth-order valence-electron chi connectivity index (χ4n) is 4.22. The molecular formula is C26H37N5O2. The van der Waals surface area contributed by atoms with E-state index in [0.29, 0.717) is 35.4 Å². The summed E-state index contributed by atoms with van der Waals surface area (Å²) in [5.41, 5.74) is 2.85. The number of benzene rings is 1. The van der Waals surface area contributed by atoms with Crippen molar-refractivity contribution in [3.8, 4) is 11.3 Å². The van der Waals surface area contributed by atoms with Crippen LogP contribution in [0.15, 0.2) is 42.6 Å². The molecular weight excluding hydrogens is 414 g/mol. The summed E-state index contributed by atoms with van der Waals surface area (Å²) >= 11 is 0. The van der Waals surface area contributed by atoms with Gasteiger partial charge in [0.2, 0.25) is 0 Å². The van der Waals surface area contributed by atoms with Crippen LogP contribution in [0.4, 0.5) is 0 Å². The minimum absolute atomic E-state index is 0.0626. The number of nitrogens with one attached hydrogen (secondary N) is 1. The van der Waals surface area contributed by atoms with Crippen molar-refractivity contribution in [2.75, 3.05) is 46.3 Å². The molecule has 33 heavy (non-hydrogen) atoms. The first-order chi connectivity index (χ1) is 15.8. The molecule has 0 unspecified atom stereocenters. The molecule has 0 saturated carbocycles. The number of likely N-dealkylation sites (N-methyl/N-ethyl adjacent to an activating group) is 1. The van der Waals surface area contributed by atoms with E-state index in [4.69, 9.17) is 0 Å². The van der Waals surface area contributed by atoms with Crippen LogP contribution in [0.2, 0.25) is 0 Å². The zero-order valence-electron chi connectivity index (χ0n) is 20.5. The second kappa shape index (κ2) is 11.4. The molecule has 1 aromatic carbocycles. The van der Waals surface area contributed by atoms with Crippen molar-refractivity contribution in [1.29, 1.82) is 0 Å². The molecule has 1 fully saturated rings. The van der Waals surface area contributed by atoms with Crippen LogP contribution in [0.5, 0.6) is 0 Å². The number of hydrogen-bond acceptors (Lipinski definition) is 5. The lowest BCUT2D eigenvalue weighted by atomic mass is 10.1. The summed E-state index contributed by atoms with van der Waals surface area (Å²) in [6.45, 7) is 13.4. The molecule has 1 aliphatic heterocycles. The molecule has 3 rings (SSSR count). The van der Waals surface area contributed by atoms with Crippen molar-refractivity contribution in [3.63, 3.8) is 0 Å².